The highest BCUT2D eigenvalue weighted by Crippen LogP contribution is 2.23. The van der Waals surface area contributed by atoms with Gasteiger partial charge in [0.25, 0.3) is 0 Å². The van der Waals surface area contributed by atoms with Crippen molar-refractivity contribution in [1.82, 2.24) is 4.90 Å². The van der Waals surface area contributed by atoms with Gasteiger partial charge in [-0.1, -0.05) is 29.5 Å². The molecule has 1 aromatic heterocycles. The zero-order valence-electron chi connectivity index (χ0n) is 11.6. The van der Waals surface area contributed by atoms with Crippen molar-refractivity contribution in [3.05, 3.63) is 56.5 Å². The first-order valence-electron chi connectivity index (χ1n) is 6.39. The van der Waals surface area contributed by atoms with Crippen molar-refractivity contribution >= 4 is 22.9 Å². The minimum Gasteiger partial charge on any atom is -0.384 e. The molecule has 0 unspecified atom stereocenters. The highest BCUT2D eigenvalue weighted by Gasteiger charge is 2.08. The van der Waals surface area contributed by atoms with Gasteiger partial charge in [0.1, 0.15) is 12.4 Å². The fourth-order valence-corrected chi connectivity index (χ4v) is 3.15. The Balaban J connectivity index is 2.11. The molecule has 2 nitrogen and oxygen atoms in total. The summed E-state index contributed by atoms with van der Waals surface area (Å²) in [5, 5.41) is 8.78. The molecule has 21 heavy (non-hydrogen) atoms. The zero-order chi connectivity index (χ0) is 15.2. The van der Waals surface area contributed by atoms with E-state index in [4.69, 9.17) is 16.7 Å². The standard InChI is InChI=1S/C16H15ClFNOS/c1-19(11-15-6-7-16(17)21-15)10-13-4-5-14(18)9-12(13)3-2-8-20/h4-7,9,20H,8,10-11H2,1H3. The molecule has 0 amide bonds. The van der Waals surface area contributed by atoms with Gasteiger partial charge in [-0.2, -0.15) is 0 Å². The number of hydrogen-bond donors (Lipinski definition) is 1. The number of nitrogens with zero attached hydrogens (tertiary/aromatic N) is 1. The summed E-state index contributed by atoms with van der Waals surface area (Å²) in [5.41, 5.74) is 1.54. The molecule has 0 bridgehead atoms. The Labute approximate surface area is 132 Å². The maximum atomic E-state index is 13.3. The number of thiophene rings is 1. The van der Waals surface area contributed by atoms with Crippen molar-refractivity contribution in [2.24, 2.45) is 0 Å². The number of aliphatic hydroxyl groups is 1. The first kappa shape index (κ1) is 16.0. The van der Waals surface area contributed by atoms with Crippen LogP contribution in [0.25, 0.3) is 0 Å². The second-order valence-electron chi connectivity index (χ2n) is 4.64. The molecule has 110 valence electrons. The van der Waals surface area contributed by atoms with E-state index in [1.807, 2.05) is 19.2 Å². The van der Waals surface area contributed by atoms with Crippen LogP contribution >= 0.6 is 22.9 Å². The third kappa shape index (κ3) is 4.83. The van der Waals surface area contributed by atoms with Crippen molar-refractivity contribution in [3.8, 4) is 11.8 Å². The third-order valence-electron chi connectivity index (χ3n) is 2.87. The predicted octanol–water partition coefficient (Wildman–Crippen LogP) is 3.52. The lowest BCUT2D eigenvalue weighted by Crippen LogP contribution is -2.17. The quantitative estimate of drug-likeness (QED) is 0.870. The largest absolute Gasteiger partial charge is 0.384 e. The van der Waals surface area contributed by atoms with Crippen LogP contribution in [-0.4, -0.2) is 23.7 Å². The van der Waals surface area contributed by atoms with Gasteiger partial charge < -0.3 is 5.11 Å². The van der Waals surface area contributed by atoms with Gasteiger partial charge in [-0.15, -0.1) is 11.3 Å². The van der Waals surface area contributed by atoms with E-state index in [9.17, 15) is 4.39 Å². The molecule has 2 aromatic rings. The van der Waals surface area contributed by atoms with Gasteiger partial charge in [-0.05, 0) is 36.9 Å². The average molecular weight is 324 g/mol. The van der Waals surface area contributed by atoms with Gasteiger partial charge in [0, 0.05) is 23.5 Å². The van der Waals surface area contributed by atoms with Crippen molar-refractivity contribution in [2.75, 3.05) is 13.7 Å². The van der Waals surface area contributed by atoms with Gasteiger partial charge in [0.15, 0.2) is 0 Å². The van der Waals surface area contributed by atoms with Crippen LogP contribution in [0, 0.1) is 17.7 Å². The molecule has 1 heterocycles. The molecule has 5 heteroatoms. The SMILES string of the molecule is CN(Cc1ccc(Cl)s1)Cc1ccc(F)cc1C#CCO. The molecule has 0 aliphatic heterocycles. The summed E-state index contributed by atoms with van der Waals surface area (Å²) in [6, 6.07) is 8.43. The van der Waals surface area contributed by atoms with Gasteiger partial charge in [-0.25, -0.2) is 4.39 Å². The van der Waals surface area contributed by atoms with Crippen LogP contribution in [-0.2, 0) is 13.1 Å². The minimum absolute atomic E-state index is 0.237. The van der Waals surface area contributed by atoms with E-state index in [-0.39, 0.29) is 12.4 Å². The molecule has 1 aromatic carbocycles. The molecular formula is C16H15ClFNOS. The second kappa shape index (κ2) is 7.58. The van der Waals surface area contributed by atoms with Crippen molar-refractivity contribution in [3.63, 3.8) is 0 Å². The Morgan fingerprint density at radius 2 is 2.10 bits per heavy atom. The molecule has 0 atom stereocenters. The van der Waals surface area contributed by atoms with Crippen LogP contribution in [0.15, 0.2) is 30.3 Å². The monoisotopic (exact) mass is 323 g/mol. The van der Waals surface area contributed by atoms with E-state index >= 15 is 0 Å². The molecule has 0 aliphatic carbocycles. The Kier molecular flexibility index (Phi) is 5.77. The number of rotatable bonds is 4. The summed E-state index contributed by atoms with van der Waals surface area (Å²) in [4.78, 5) is 3.28. The smallest absolute Gasteiger partial charge is 0.124 e. The summed E-state index contributed by atoms with van der Waals surface area (Å²) < 4.78 is 14.1. The molecule has 1 N–H and O–H groups in total. The molecule has 0 saturated heterocycles. The van der Waals surface area contributed by atoms with E-state index in [1.165, 1.54) is 17.0 Å². The molecule has 0 spiro atoms. The van der Waals surface area contributed by atoms with Crippen LogP contribution < -0.4 is 0 Å². The van der Waals surface area contributed by atoms with Crippen LogP contribution in [0.2, 0.25) is 4.34 Å². The maximum Gasteiger partial charge on any atom is 0.124 e. The summed E-state index contributed by atoms with van der Waals surface area (Å²) in [6.45, 7) is 1.17. The Morgan fingerprint density at radius 3 is 2.76 bits per heavy atom. The molecule has 2 rings (SSSR count). The summed E-state index contributed by atoms with van der Waals surface area (Å²) in [6.07, 6.45) is 0. The van der Waals surface area contributed by atoms with E-state index < -0.39 is 0 Å². The Hall–Kier alpha value is -1.38. The number of halogens is 2. The first-order valence-corrected chi connectivity index (χ1v) is 7.59. The Morgan fingerprint density at radius 1 is 1.29 bits per heavy atom. The summed E-state index contributed by atoms with van der Waals surface area (Å²) >= 11 is 7.47. The van der Waals surface area contributed by atoms with Crippen molar-refractivity contribution in [1.29, 1.82) is 0 Å². The van der Waals surface area contributed by atoms with Crippen molar-refractivity contribution < 1.29 is 9.50 Å². The molecule has 0 radical (unpaired) electrons. The lowest BCUT2D eigenvalue weighted by Gasteiger charge is -2.16. The van der Waals surface area contributed by atoms with Crippen LogP contribution in [0.1, 0.15) is 16.0 Å². The van der Waals surface area contributed by atoms with Crippen LogP contribution in [0.3, 0.4) is 0 Å². The van der Waals surface area contributed by atoms with Crippen LogP contribution in [0.4, 0.5) is 4.39 Å². The highest BCUT2D eigenvalue weighted by molar-refractivity contribution is 7.16. The lowest BCUT2D eigenvalue weighted by molar-refractivity contribution is 0.321. The highest BCUT2D eigenvalue weighted by atomic mass is 35.5. The number of benzene rings is 1. The van der Waals surface area contributed by atoms with E-state index in [0.717, 1.165) is 16.4 Å². The molecule has 0 fully saturated rings. The van der Waals surface area contributed by atoms with E-state index in [2.05, 4.69) is 16.7 Å². The zero-order valence-corrected chi connectivity index (χ0v) is 13.1. The summed E-state index contributed by atoms with van der Waals surface area (Å²) in [7, 11) is 1.99. The van der Waals surface area contributed by atoms with E-state index in [0.29, 0.717) is 12.1 Å². The van der Waals surface area contributed by atoms with Gasteiger partial charge in [0.2, 0.25) is 0 Å². The molecular weight excluding hydrogens is 309 g/mol. The average Bonchev–Trinajstić information content (AvgIpc) is 2.84. The number of hydrogen-bond acceptors (Lipinski definition) is 3. The normalized spacial score (nSPS) is 10.5. The number of aliphatic hydroxyl groups excluding tert-OH is 1. The topological polar surface area (TPSA) is 23.5 Å². The van der Waals surface area contributed by atoms with Crippen molar-refractivity contribution in [2.45, 2.75) is 13.1 Å². The van der Waals surface area contributed by atoms with Gasteiger partial charge >= 0.3 is 0 Å². The van der Waals surface area contributed by atoms with Crippen LogP contribution in [0.5, 0.6) is 0 Å². The third-order valence-corrected chi connectivity index (χ3v) is 4.08. The maximum absolute atomic E-state index is 13.3. The van der Waals surface area contributed by atoms with Gasteiger partial charge in [-0.3, -0.25) is 4.90 Å². The lowest BCUT2D eigenvalue weighted by atomic mass is 10.1. The van der Waals surface area contributed by atoms with Gasteiger partial charge in [0.05, 0.1) is 4.34 Å². The molecule has 0 saturated carbocycles. The fraction of sp³-hybridized carbons (Fsp3) is 0.250. The Bertz CT molecular complexity index is 674. The summed E-state index contributed by atoms with van der Waals surface area (Å²) in [5.74, 6) is 5.03. The van der Waals surface area contributed by atoms with E-state index in [1.54, 1.807) is 17.4 Å². The second-order valence-corrected chi connectivity index (χ2v) is 6.44. The first-order chi connectivity index (χ1) is 10.1. The fourth-order valence-electron chi connectivity index (χ4n) is 1.99. The predicted molar refractivity (Wildman–Crippen MR) is 84.9 cm³/mol. The molecule has 0 aliphatic rings. The minimum atomic E-state index is -0.325.